The van der Waals surface area contributed by atoms with Gasteiger partial charge in [-0.3, -0.25) is 0 Å². The van der Waals surface area contributed by atoms with Gasteiger partial charge in [0.1, 0.15) is 5.75 Å². The molecule has 0 aliphatic heterocycles. The first-order valence-corrected chi connectivity index (χ1v) is 12.3. The van der Waals surface area contributed by atoms with E-state index in [4.69, 9.17) is 32.7 Å². The maximum Gasteiger partial charge on any atom is 0.337 e. The Hall–Kier alpha value is -2.26. The van der Waals surface area contributed by atoms with Crippen LogP contribution >= 0.6 is 55.1 Å². The second-order valence-corrected chi connectivity index (χ2v) is 9.66. The summed E-state index contributed by atoms with van der Waals surface area (Å²) < 4.78 is 11.3. The van der Waals surface area contributed by atoms with E-state index in [0.717, 1.165) is 11.1 Å². The van der Waals surface area contributed by atoms with Gasteiger partial charge < -0.3 is 19.7 Å². The highest BCUT2D eigenvalue weighted by atomic mass is 79.9. The van der Waals surface area contributed by atoms with Crippen LogP contribution in [-0.2, 0) is 17.8 Å². The first kappa shape index (κ1) is 26.3. The zero-order chi connectivity index (χ0) is 24.8. The monoisotopic (exact) mass is 628 g/mol. The Balaban J connectivity index is 1.94. The van der Waals surface area contributed by atoms with Gasteiger partial charge in [-0.25, -0.2) is 9.59 Å². The van der Waals surface area contributed by atoms with Crippen molar-refractivity contribution in [2.24, 2.45) is 0 Å². The van der Waals surface area contributed by atoms with Gasteiger partial charge in [0.25, 0.3) is 0 Å². The summed E-state index contributed by atoms with van der Waals surface area (Å²) in [5.41, 5.74) is 2.36. The van der Waals surface area contributed by atoms with E-state index in [9.17, 15) is 9.59 Å². The summed E-state index contributed by atoms with van der Waals surface area (Å²) in [5, 5.41) is 3.47. The fourth-order valence-corrected chi connectivity index (χ4v) is 5.06. The zero-order valence-corrected chi connectivity index (χ0v) is 22.9. The molecule has 0 aliphatic carbocycles. The number of halogens is 4. The van der Waals surface area contributed by atoms with Crippen LogP contribution < -0.4 is 10.1 Å². The molecule has 0 spiro atoms. The Morgan fingerprint density at radius 3 is 2.06 bits per heavy atom. The van der Waals surface area contributed by atoms with Gasteiger partial charge in [0, 0.05) is 15.5 Å². The number of amides is 2. The van der Waals surface area contributed by atoms with Crippen molar-refractivity contribution >= 4 is 72.7 Å². The molecule has 178 valence electrons. The molecule has 0 bridgehead atoms. The van der Waals surface area contributed by atoms with Crippen molar-refractivity contribution in [3.63, 3.8) is 0 Å². The fraction of sp³-hybridized carbons (Fsp3) is 0.167. The average molecular weight is 631 g/mol. The molecule has 0 saturated heterocycles. The van der Waals surface area contributed by atoms with Crippen molar-refractivity contribution in [3.05, 3.63) is 90.3 Å². The highest BCUT2D eigenvalue weighted by Gasteiger charge is 2.21. The van der Waals surface area contributed by atoms with Crippen molar-refractivity contribution in [2.75, 3.05) is 19.5 Å². The third-order valence-electron chi connectivity index (χ3n) is 4.93. The van der Waals surface area contributed by atoms with Crippen molar-refractivity contribution in [3.8, 4) is 5.75 Å². The number of hydrogen-bond donors (Lipinski definition) is 1. The first-order chi connectivity index (χ1) is 16.2. The lowest BCUT2D eigenvalue weighted by Gasteiger charge is -2.25. The Morgan fingerprint density at radius 1 is 0.941 bits per heavy atom. The molecular weight excluding hydrogens is 611 g/mol. The van der Waals surface area contributed by atoms with Gasteiger partial charge in [0.05, 0.1) is 42.1 Å². The van der Waals surface area contributed by atoms with E-state index in [1.807, 2.05) is 24.3 Å². The highest BCUT2D eigenvalue weighted by Crippen LogP contribution is 2.32. The molecule has 0 saturated carbocycles. The number of para-hydroxylation sites is 1. The molecule has 3 rings (SSSR count). The molecular formula is C24H20Br2Cl2N2O4. The number of carbonyl (C=O) groups is 2. The van der Waals surface area contributed by atoms with Crippen LogP contribution in [0.25, 0.3) is 0 Å². The molecule has 6 nitrogen and oxygen atoms in total. The number of methoxy groups -OCH3 is 2. The fourth-order valence-electron chi connectivity index (χ4n) is 3.13. The minimum atomic E-state index is -0.464. The van der Waals surface area contributed by atoms with Crippen molar-refractivity contribution in [2.45, 2.75) is 13.1 Å². The average Bonchev–Trinajstić information content (AvgIpc) is 2.82. The topological polar surface area (TPSA) is 67.9 Å². The SMILES string of the molecule is COC(=O)c1cc(Br)c(CN(Cc2ccc(OC)cc2)C(=O)Nc2c(Cl)cccc2Cl)c(Br)c1. The van der Waals surface area contributed by atoms with Crippen molar-refractivity contribution in [1.82, 2.24) is 4.90 Å². The number of rotatable bonds is 7. The molecule has 0 fully saturated rings. The lowest BCUT2D eigenvalue weighted by Crippen LogP contribution is -2.34. The standard InChI is InChI=1S/C24H20Br2Cl2N2O4/c1-33-16-8-6-14(7-9-16)12-30(24(32)29-22-20(27)4-3-5-21(22)28)13-17-18(25)10-15(11-19(17)26)23(31)34-2/h3-11H,12-13H2,1-2H3,(H,29,32). The molecule has 0 radical (unpaired) electrons. The lowest BCUT2D eigenvalue weighted by atomic mass is 10.1. The van der Waals surface area contributed by atoms with Crippen LogP contribution in [-0.4, -0.2) is 31.1 Å². The quantitative estimate of drug-likeness (QED) is 0.274. The summed E-state index contributed by atoms with van der Waals surface area (Å²) in [4.78, 5) is 26.9. The third kappa shape index (κ3) is 6.44. The van der Waals surface area contributed by atoms with Crippen LogP contribution in [0.1, 0.15) is 21.5 Å². The van der Waals surface area contributed by atoms with E-state index < -0.39 is 12.0 Å². The molecule has 3 aromatic carbocycles. The van der Waals surface area contributed by atoms with Gasteiger partial charge in [0.15, 0.2) is 0 Å². The number of esters is 1. The zero-order valence-electron chi connectivity index (χ0n) is 18.2. The number of nitrogens with one attached hydrogen (secondary N) is 1. The summed E-state index contributed by atoms with van der Waals surface area (Å²) in [6.45, 7) is 0.498. The molecule has 10 heteroatoms. The minimum Gasteiger partial charge on any atom is -0.497 e. The highest BCUT2D eigenvalue weighted by molar-refractivity contribution is 9.11. The third-order valence-corrected chi connectivity index (χ3v) is 6.97. The van der Waals surface area contributed by atoms with E-state index in [0.29, 0.717) is 36.0 Å². The number of anilines is 1. The number of carbonyl (C=O) groups excluding carboxylic acids is 2. The summed E-state index contributed by atoms with van der Waals surface area (Å²) in [7, 11) is 2.91. The lowest BCUT2D eigenvalue weighted by molar-refractivity contribution is 0.0600. The number of nitrogens with zero attached hydrogens (tertiary/aromatic N) is 1. The predicted octanol–water partition coefficient (Wildman–Crippen LogP) is 7.55. The Labute approximate surface area is 224 Å². The van der Waals surface area contributed by atoms with Gasteiger partial charge in [-0.1, -0.05) is 73.3 Å². The van der Waals surface area contributed by atoms with E-state index in [-0.39, 0.29) is 13.1 Å². The first-order valence-electron chi connectivity index (χ1n) is 9.92. The van der Waals surface area contributed by atoms with Crippen LogP contribution in [0.15, 0.2) is 63.5 Å². The van der Waals surface area contributed by atoms with Crippen LogP contribution in [0.5, 0.6) is 5.75 Å². The molecule has 0 aromatic heterocycles. The van der Waals surface area contributed by atoms with Gasteiger partial charge in [0.2, 0.25) is 0 Å². The maximum absolute atomic E-state index is 13.4. The number of ether oxygens (including phenoxy) is 2. The van der Waals surface area contributed by atoms with E-state index in [2.05, 4.69) is 37.2 Å². The number of urea groups is 1. The Morgan fingerprint density at radius 2 is 1.53 bits per heavy atom. The van der Waals surface area contributed by atoms with Crippen LogP contribution in [0.3, 0.4) is 0 Å². The molecule has 2 amide bonds. The van der Waals surface area contributed by atoms with Gasteiger partial charge in [-0.15, -0.1) is 0 Å². The molecule has 1 N–H and O–H groups in total. The number of hydrogen-bond acceptors (Lipinski definition) is 4. The Bertz CT molecular complexity index is 1160. The Kier molecular flexibility index (Phi) is 9.24. The predicted molar refractivity (Wildman–Crippen MR) is 141 cm³/mol. The van der Waals surface area contributed by atoms with Crippen LogP contribution in [0.2, 0.25) is 10.0 Å². The van der Waals surface area contributed by atoms with Crippen molar-refractivity contribution < 1.29 is 19.1 Å². The molecule has 0 unspecified atom stereocenters. The molecule has 0 aliphatic rings. The van der Waals surface area contributed by atoms with Gasteiger partial charge in [-0.2, -0.15) is 0 Å². The van der Waals surface area contributed by atoms with Crippen LogP contribution in [0, 0.1) is 0 Å². The maximum atomic E-state index is 13.4. The second-order valence-electron chi connectivity index (χ2n) is 7.14. The van der Waals surface area contributed by atoms with E-state index in [1.165, 1.54) is 7.11 Å². The summed E-state index contributed by atoms with van der Waals surface area (Å²) in [5.74, 6) is 0.251. The minimum absolute atomic E-state index is 0.211. The van der Waals surface area contributed by atoms with Gasteiger partial charge >= 0.3 is 12.0 Å². The van der Waals surface area contributed by atoms with E-state index in [1.54, 1.807) is 42.3 Å². The largest absolute Gasteiger partial charge is 0.497 e. The second kappa shape index (κ2) is 11.9. The van der Waals surface area contributed by atoms with E-state index >= 15 is 0 Å². The normalized spacial score (nSPS) is 10.5. The van der Waals surface area contributed by atoms with Crippen molar-refractivity contribution in [1.29, 1.82) is 0 Å². The summed E-state index contributed by atoms with van der Waals surface area (Å²) >= 11 is 19.5. The smallest absolute Gasteiger partial charge is 0.337 e. The molecule has 3 aromatic rings. The molecule has 0 heterocycles. The summed E-state index contributed by atoms with van der Waals surface area (Å²) in [6, 6.07) is 15.3. The molecule has 34 heavy (non-hydrogen) atoms. The number of benzene rings is 3. The molecule has 0 atom stereocenters. The summed E-state index contributed by atoms with van der Waals surface area (Å²) in [6.07, 6.45) is 0. The van der Waals surface area contributed by atoms with Crippen LogP contribution in [0.4, 0.5) is 10.5 Å². The van der Waals surface area contributed by atoms with Gasteiger partial charge in [-0.05, 0) is 47.5 Å².